The summed E-state index contributed by atoms with van der Waals surface area (Å²) in [6.07, 6.45) is 4.35. The molecular formula is C12H10N2. The minimum atomic E-state index is 0.696. The van der Waals surface area contributed by atoms with E-state index in [1.165, 1.54) is 18.4 Å². The zero-order chi connectivity index (χ0) is 9.54. The Morgan fingerprint density at radius 3 is 2.93 bits per heavy atom. The summed E-state index contributed by atoms with van der Waals surface area (Å²) >= 11 is 0. The summed E-state index contributed by atoms with van der Waals surface area (Å²) in [5.74, 6) is 0.696. The van der Waals surface area contributed by atoms with Crippen molar-refractivity contribution in [2.24, 2.45) is 0 Å². The van der Waals surface area contributed by atoms with Gasteiger partial charge in [-0.05, 0) is 30.4 Å². The Bertz CT molecular complexity index is 527. The van der Waals surface area contributed by atoms with E-state index >= 15 is 0 Å². The van der Waals surface area contributed by atoms with E-state index in [2.05, 4.69) is 23.2 Å². The van der Waals surface area contributed by atoms with Crippen LogP contribution in [0.2, 0.25) is 0 Å². The molecule has 1 aliphatic rings. The summed E-state index contributed by atoms with van der Waals surface area (Å²) < 4.78 is 0. The molecular weight excluding hydrogens is 172 g/mol. The van der Waals surface area contributed by atoms with Crippen LogP contribution in [0.4, 0.5) is 0 Å². The Morgan fingerprint density at radius 2 is 2.21 bits per heavy atom. The zero-order valence-corrected chi connectivity index (χ0v) is 7.75. The van der Waals surface area contributed by atoms with Crippen LogP contribution in [0.1, 0.15) is 29.9 Å². The maximum absolute atomic E-state index is 8.98. The molecule has 0 saturated heterocycles. The number of fused-ring (bicyclic) bond motifs is 1. The highest BCUT2D eigenvalue weighted by molar-refractivity contribution is 5.89. The molecule has 2 aromatic rings. The van der Waals surface area contributed by atoms with Gasteiger partial charge in [0.05, 0.1) is 5.56 Å². The van der Waals surface area contributed by atoms with E-state index in [-0.39, 0.29) is 0 Å². The van der Waals surface area contributed by atoms with Crippen LogP contribution in [-0.4, -0.2) is 4.98 Å². The topological polar surface area (TPSA) is 39.6 Å². The lowest BCUT2D eigenvalue weighted by atomic mass is 10.0. The maximum atomic E-state index is 8.98. The first-order valence-electron chi connectivity index (χ1n) is 4.90. The molecule has 2 nitrogen and oxygen atoms in total. The highest BCUT2D eigenvalue weighted by Crippen LogP contribution is 2.43. The lowest BCUT2D eigenvalue weighted by molar-refractivity contribution is 1.15. The number of nitrogens with zero attached hydrogens (tertiary/aromatic N) is 1. The summed E-state index contributed by atoms with van der Waals surface area (Å²) in [6.45, 7) is 0. The number of H-pyrrole nitrogens is 1. The quantitative estimate of drug-likeness (QED) is 0.723. The molecule has 0 atom stereocenters. The van der Waals surface area contributed by atoms with Crippen molar-refractivity contribution in [3.63, 3.8) is 0 Å². The van der Waals surface area contributed by atoms with Crippen LogP contribution in [0.15, 0.2) is 24.4 Å². The van der Waals surface area contributed by atoms with Gasteiger partial charge in [0.25, 0.3) is 0 Å². The van der Waals surface area contributed by atoms with E-state index < -0.39 is 0 Å². The largest absolute Gasteiger partial charge is 0.360 e. The molecule has 68 valence electrons. The fourth-order valence-corrected chi connectivity index (χ4v) is 2.04. The molecule has 1 saturated carbocycles. The van der Waals surface area contributed by atoms with Crippen molar-refractivity contribution in [1.82, 2.24) is 4.98 Å². The van der Waals surface area contributed by atoms with E-state index in [0.717, 1.165) is 16.5 Å². The Balaban J connectivity index is 2.37. The average Bonchev–Trinajstić information content (AvgIpc) is 2.97. The zero-order valence-electron chi connectivity index (χ0n) is 7.75. The molecule has 1 aromatic heterocycles. The molecule has 1 aliphatic carbocycles. The lowest BCUT2D eigenvalue weighted by Crippen LogP contribution is -1.82. The van der Waals surface area contributed by atoms with Crippen LogP contribution in [0, 0.1) is 11.3 Å². The van der Waals surface area contributed by atoms with Gasteiger partial charge in [0.1, 0.15) is 6.07 Å². The fourth-order valence-electron chi connectivity index (χ4n) is 2.04. The number of hydrogen-bond acceptors (Lipinski definition) is 1. The first kappa shape index (κ1) is 7.64. The molecule has 1 heterocycles. The Labute approximate surface area is 82.2 Å². The van der Waals surface area contributed by atoms with Crippen LogP contribution >= 0.6 is 0 Å². The predicted molar refractivity (Wildman–Crippen MR) is 55.0 cm³/mol. The number of nitriles is 1. The summed E-state index contributed by atoms with van der Waals surface area (Å²) in [5.41, 5.74) is 3.22. The van der Waals surface area contributed by atoms with Crippen molar-refractivity contribution in [3.05, 3.63) is 35.5 Å². The molecule has 14 heavy (non-hydrogen) atoms. The number of hydrogen-bond donors (Lipinski definition) is 1. The Kier molecular flexibility index (Phi) is 1.43. The molecule has 0 unspecified atom stereocenters. The second-order valence-corrected chi connectivity index (χ2v) is 3.86. The molecule has 0 aliphatic heterocycles. The second kappa shape index (κ2) is 2.62. The van der Waals surface area contributed by atoms with E-state index in [1.807, 2.05) is 6.07 Å². The maximum Gasteiger partial charge on any atom is 0.101 e. The first-order valence-corrected chi connectivity index (χ1v) is 4.90. The summed E-state index contributed by atoms with van der Waals surface area (Å²) in [7, 11) is 0. The molecule has 3 rings (SSSR count). The average molecular weight is 182 g/mol. The third-order valence-electron chi connectivity index (χ3n) is 2.88. The van der Waals surface area contributed by atoms with Crippen molar-refractivity contribution < 1.29 is 0 Å². The van der Waals surface area contributed by atoms with Gasteiger partial charge < -0.3 is 4.98 Å². The van der Waals surface area contributed by atoms with Gasteiger partial charge in [0, 0.05) is 17.1 Å². The van der Waals surface area contributed by atoms with Gasteiger partial charge in [-0.2, -0.15) is 5.26 Å². The van der Waals surface area contributed by atoms with Gasteiger partial charge in [-0.25, -0.2) is 0 Å². The lowest BCUT2D eigenvalue weighted by Gasteiger charge is -2.00. The van der Waals surface area contributed by atoms with Gasteiger partial charge in [0.2, 0.25) is 0 Å². The van der Waals surface area contributed by atoms with Crippen molar-refractivity contribution in [1.29, 1.82) is 5.26 Å². The minimum absolute atomic E-state index is 0.696. The summed E-state index contributed by atoms with van der Waals surface area (Å²) in [6, 6.07) is 8.48. The molecule has 1 N–H and O–H groups in total. The highest BCUT2D eigenvalue weighted by Gasteiger charge is 2.26. The number of rotatable bonds is 1. The Hall–Kier alpha value is -1.75. The molecule has 1 aromatic carbocycles. The Morgan fingerprint density at radius 1 is 1.36 bits per heavy atom. The van der Waals surface area contributed by atoms with Crippen molar-refractivity contribution in [2.75, 3.05) is 0 Å². The van der Waals surface area contributed by atoms with Crippen LogP contribution < -0.4 is 0 Å². The van der Waals surface area contributed by atoms with Crippen LogP contribution in [0.5, 0.6) is 0 Å². The number of benzene rings is 1. The molecule has 0 amide bonds. The number of nitrogens with one attached hydrogen (secondary N) is 1. The fraction of sp³-hybridized carbons (Fsp3) is 0.250. The van der Waals surface area contributed by atoms with Crippen molar-refractivity contribution in [2.45, 2.75) is 18.8 Å². The highest BCUT2D eigenvalue weighted by atomic mass is 14.7. The van der Waals surface area contributed by atoms with Crippen LogP contribution in [-0.2, 0) is 0 Å². The number of aromatic amines is 1. The summed E-state index contributed by atoms with van der Waals surface area (Å²) in [5, 5.41) is 10.1. The van der Waals surface area contributed by atoms with Gasteiger partial charge in [0.15, 0.2) is 0 Å². The summed E-state index contributed by atoms with van der Waals surface area (Å²) in [4.78, 5) is 3.14. The van der Waals surface area contributed by atoms with Crippen molar-refractivity contribution in [3.8, 4) is 6.07 Å². The van der Waals surface area contributed by atoms with E-state index in [1.54, 1.807) is 6.20 Å². The SMILES string of the molecule is N#Cc1c[nH]c2cccc(C3CC3)c12. The van der Waals surface area contributed by atoms with Gasteiger partial charge in [-0.15, -0.1) is 0 Å². The smallest absolute Gasteiger partial charge is 0.101 e. The predicted octanol–water partition coefficient (Wildman–Crippen LogP) is 2.92. The van der Waals surface area contributed by atoms with Gasteiger partial charge >= 0.3 is 0 Å². The second-order valence-electron chi connectivity index (χ2n) is 3.86. The molecule has 1 fully saturated rings. The third kappa shape index (κ3) is 0.958. The van der Waals surface area contributed by atoms with Crippen LogP contribution in [0.25, 0.3) is 10.9 Å². The standard InChI is InChI=1S/C12H10N2/c13-6-9-7-14-11-3-1-2-10(12(9)11)8-4-5-8/h1-3,7-8,14H,4-5H2. The molecule has 0 bridgehead atoms. The molecule has 2 heteroatoms. The van der Waals surface area contributed by atoms with Gasteiger partial charge in [-0.1, -0.05) is 12.1 Å². The van der Waals surface area contributed by atoms with Crippen LogP contribution in [0.3, 0.4) is 0 Å². The first-order chi connectivity index (χ1) is 6.90. The van der Waals surface area contributed by atoms with E-state index in [4.69, 9.17) is 5.26 Å². The monoisotopic (exact) mass is 182 g/mol. The minimum Gasteiger partial charge on any atom is -0.360 e. The molecule has 0 spiro atoms. The van der Waals surface area contributed by atoms with Crippen molar-refractivity contribution >= 4 is 10.9 Å². The molecule has 0 radical (unpaired) electrons. The third-order valence-corrected chi connectivity index (χ3v) is 2.88. The van der Waals surface area contributed by atoms with E-state index in [0.29, 0.717) is 5.92 Å². The number of aromatic nitrogens is 1. The van der Waals surface area contributed by atoms with Gasteiger partial charge in [-0.3, -0.25) is 0 Å². The van der Waals surface area contributed by atoms with E-state index in [9.17, 15) is 0 Å². The normalized spacial score (nSPS) is 15.6.